The van der Waals surface area contributed by atoms with Crippen molar-refractivity contribution < 1.29 is 19.2 Å². The van der Waals surface area contributed by atoms with Gasteiger partial charge in [0.1, 0.15) is 12.4 Å². The normalized spacial score (nSPS) is 10.7. The molecule has 2 aromatic carbocycles. The Balaban J connectivity index is 1.42. The van der Waals surface area contributed by atoms with Crippen molar-refractivity contribution in [2.75, 3.05) is 20.3 Å². The number of ether oxygens (including phenoxy) is 2. The minimum absolute atomic E-state index is 0.101. The lowest BCUT2D eigenvalue weighted by Crippen LogP contribution is -2.28. The second-order valence-corrected chi connectivity index (χ2v) is 7.03. The average Bonchev–Trinajstić information content (AvgIpc) is 3.24. The van der Waals surface area contributed by atoms with Gasteiger partial charge in [-0.3, -0.25) is 14.9 Å². The summed E-state index contributed by atoms with van der Waals surface area (Å²) in [6.45, 7) is 1.94. The van der Waals surface area contributed by atoms with E-state index in [0.29, 0.717) is 28.7 Å². The summed E-state index contributed by atoms with van der Waals surface area (Å²) in [6.07, 6.45) is 0. The van der Waals surface area contributed by atoms with Gasteiger partial charge in [0.25, 0.3) is 11.6 Å². The molecule has 4 rings (SSSR count). The number of rotatable bonds is 8. The number of hydrogen-bond acceptors (Lipinski definition) is 8. The lowest BCUT2D eigenvalue weighted by Gasteiger charge is -2.09. The van der Waals surface area contributed by atoms with E-state index in [1.807, 2.05) is 24.3 Å². The third kappa shape index (κ3) is 4.56. The number of nitrogens with one attached hydrogen (secondary N) is 1. The molecule has 0 saturated heterocycles. The van der Waals surface area contributed by atoms with Crippen molar-refractivity contribution in [1.29, 1.82) is 0 Å². The van der Waals surface area contributed by atoms with Gasteiger partial charge >= 0.3 is 0 Å². The van der Waals surface area contributed by atoms with Crippen LogP contribution >= 0.6 is 0 Å². The second-order valence-electron chi connectivity index (χ2n) is 7.03. The maximum Gasteiger partial charge on any atom is 0.273 e. The van der Waals surface area contributed by atoms with Gasteiger partial charge in [0.15, 0.2) is 11.5 Å². The first-order valence-corrected chi connectivity index (χ1v) is 10.00. The Bertz CT molecular complexity index is 1340. The van der Waals surface area contributed by atoms with Gasteiger partial charge in [0, 0.05) is 23.3 Å². The van der Waals surface area contributed by atoms with Gasteiger partial charge in [-0.25, -0.2) is 0 Å². The van der Waals surface area contributed by atoms with Crippen molar-refractivity contribution >= 4 is 17.2 Å². The number of methoxy groups -OCH3 is 1. The lowest BCUT2D eigenvalue weighted by atomic mass is 10.1. The number of carbonyl (C=O) groups excluding carboxylic acids is 1. The first-order valence-electron chi connectivity index (χ1n) is 10.00. The monoisotopic (exact) mass is 448 g/mol. The third-order valence-corrected chi connectivity index (χ3v) is 4.89. The smallest absolute Gasteiger partial charge is 0.273 e. The number of nitro benzene ring substituents is 1. The second kappa shape index (κ2) is 9.30. The van der Waals surface area contributed by atoms with Crippen LogP contribution in [0.15, 0.2) is 54.6 Å². The standard InChI is InChI=1S/C22H20N6O5/c1-14-7-8-15(13-17(14)28(30)31)22(29)23-11-12-33-20-10-9-19-24-25-21(27(19)26-20)16-5-3-4-6-18(16)32-2/h3-10,13H,11-12H2,1-2H3,(H,23,29). The van der Waals surface area contributed by atoms with Gasteiger partial charge in [0.05, 0.1) is 24.1 Å². The number of carbonyl (C=O) groups is 1. The number of aromatic nitrogens is 4. The number of amides is 1. The van der Waals surface area contributed by atoms with Crippen LogP contribution in [0.4, 0.5) is 5.69 Å². The summed E-state index contributed by atoms with van der Waals surface area (Å²) in [7, 11) is 1.58. The van der Waals surface area contributed by atoms with Gasteiger partial charge in [0.2, 0.25) is 5.88 Å². The van der Waals surface area contributed by atoms with Crippen molar-refractivity contribution in [2.45, 2.75) is 6.92 Å². The molecule has 0 bridgehead atoms. The molecule has 11 heteroatoms. The molecule has 168 valence electrons. The van der Waals surface area contributed by atoms with Crippen LogP contribution in [0.5, 0.6) is 11.6 Å². The van der Waals surface area contributed by atoms with Crippen LogP contribution in [-0.2, 0) is 0 Å². The van der Waals surface area contributed by atoms with Crippen molar-refractivity contribution in [2.24, 2.45) is 0 Å². The molecule has 0 saturated carbocycles. The van der Waals surface area contributed by atoms with Crippen molar-refractivity contribution in [3.63, 3.8) is 0 Å². The fraction of sp³-hybridized carbons (Fsp3) is 0.182. The molecule has 2 heterocycles. The number of aryl methyl sites for hydroxylation is 1. The highest BCUT2D eigenvalue weighted by Gasteiger charge is 2.16. The quantitative estimate of drug-likeness (QED) is 0.247. The molecule has 33 heavy (non-hydrogen) atoms. The van der Waals surface area contributed by atoms with Crippen molar-refractivity contribution in [1.82, 2.24) is 25.1 Å². The van der Waals surface area contributed by atoms with Crippen LogP contribution in [-0.4, -0.2) is 50.9 Å². The van der Waals surface area contributed by atoms with Crippen LogP contribution in [0.3, 0.4) is 0 Å². The van der Waals surface area contributed by atoms with Crippen LogP contribution < -0.4 is 14.8 Å². The number of hydrogen-bond donors (Lipinski definition) is 1. The fourth-order valence-corrected chi connectivity index (χ4v) is 3.22. The SMILES string of the molecule is COc1ccccc1-c1nnc2ccc(OCCNC(=O)c3ccc(C)c([N+](=O)[O-])c3)nn12. The first-order chi connectivity index (χ1) is 16.0. The van der Waals surface area contributed by atoms with Crippen LogP contribution in [0, 0.1) is 17.0 Å². The van der Waals surface area contributed by atoms with Gasteiger partial charge in [-0.15, -0.1) is 15.3 Å². The van der Waals surface area contributed by atoms with E-state index in [1.165, 1.54) is 6.07 Å². The lowest BCUT2D eigenvalue weighted by molar-refractivity contribution is -0.385. The highest BCUT2D eigenvalue weighted by Crippen LogP contribution is 2.28. The Hall–Kier alpha value is -4.54. The zero-order valence-corrected chi connectivity index (χ0v) is 17.9. The predicted octanol–water partition coefficient (Wildman–Crippen LogP) is 2.83. The minimum atomic E-state index is -0.513. The molecule has 0 aliphatic rings. The summed E-state index contributed by atoms with van der Waals surface area (Å²) in [4.78, 5) is 22.9. The molecule has 2 aromatic heterocycles. The van der Waals surface area contributed by atoms with Gasteiger partial charge < -0.3 is 14.8 Å². The van der Waals surface area contributed by atoms with Gasteiger partial charge in [-0.1, -0.05) is 18.2 Å². The van der Waals surface area contributed by atoms with E-state index in [1.54, 1.807) is 42.8 Å². The Labute approximate surface area is 188 Å². The molecule has 0 spiro atoms. The summed E-state index contributed by atoms with van der Waals surface area (Å²) in [6, 6.07) is 15.1. The Morgan fingerprint density at radius 3 is 2.76 bits per heavy atom. The number of nitro groups is 1. The first kappa shape index (κ1) is 21.7. The van der Waals surface area contributed by atoms with Crippen molar-refractivity contribution in [3.05, 3.63) is 75.8 Å². The predicted molar refractivity (Wildman–Crippen MR) is 118 cm³/mol. The van der Waals surface area contributed by atoms with E-state index in [2.05, 4.69) is 20.6 Å². The molecule has 1 N–H and O–H groups in total. The molecule has 4 aromatic rings. The molecule has 0 aliphatic heterocycles. The maximum atomic E-state index is 12.3. The Kier molecular flexibility index (Phi) is 6.11. The van der Waals surface area contributed by atoms with E-state index < -0.39 is 10.8 Å². The maximum absolute atomic E-state index is 12.3. The molecule has 0 aliphatic carbocycles. The molecule has 0 fully saturated rings. The zero-order valence-electron chi connectivity index (χ0n) is 17.9. The van der Waals surface area contributed by atoms with Crippen LogP contribution in [0.2, 0.25) is 0 Å². The largest absolute Gasteiger partial charge is 0.496 e. The van der Waals surface area contributed by atoms with E-state index in [9.17, 15) is 14.9 Å². The van der Waals surface area contributed by atoms with E-state index >= 15 is 0 Å². The Morgan fingerprint density at radius 2 is 1.97 bits per heavy atom. The molecule has 0 radical (unpaired) electrons. The van der Waals surface area contributed by atoms with E-state index in [0.717, 1.165) is 5.56 Å². The molecule has 1 amide bonds. The average molecular weight is 448 g/mol. The zero-order chi connectivity index (χ0) is 23.4. The topological polar surface area (TPSA) is 134 Å². The fourth-order valence-electron chi connectivity index (χ4n) is 3.22. The number of benzene rings is 2. The van der Waals surface area contributed by atoms with Crippen LogP contribution in [0.25, 0.3) is 17.0 Å². The molecular weight excluding hydrogens is 428 g/mol. The minimum Gasteiger partial charge on any atom is -0.496 e. The summed E-state index contributed by atoms with van der Waals surface area (Å²) in [5, 5.41) is 26.5. The summed E-state index contributed by atoms with van der Waals surface area (Å²) in [5.74, 6) is 1.03. The molecular formula is C22H20N6O5. The van der Waals surface area contributed by atoms with E-state index in [-0.39, 0.29) is 24.4 Å². The van der Waals surface area contributed by atoms with Crippen LogP contribution in [0.1, 0.15) is 15.9 Å². The summed E-state index contributed by atoms with van der Waals surface area (Å²) >= 11 is 0. The number of fused-ring (bicyclic) bond motifs is 1. The number of nitrogens with zero attached hydrogens (tertiary/aromatic N) is 5. The molecule has 0 atom stereocenters. The van der Waals surface area contributed by atoms with Crippen molar-refractivity contribution in [3.8, 4) is 23.0 Å². The summed E-state index contributed by atoms with van der Waals surface area (Å²) < 4.78 is 12.6. The molecule has 11 nitrogen and oxygen atoms in total. The Morgan fingerprint density at radius 1 is 1.15 bits per heavy atom. The highest BCUT2D eigenvalue weighted by atomic mass is 16.6. The van der Waals surface area contributed by atoms with Gasteiger partial charge in [-0.2, -0.15) is 4.52 Å². The summed E-state index contributed by atoms with van der Waals surface area (Å²) in [5.41, 5.74) is 1.87. The number of para-hydroxylation sites is 1. The van der Waals surface area contributed by atoms with Gasteiger partial charge in [-0.05, 0) is 31.2 Å². The third-order valence-electron chi connectivity index (χ3n) is 4.89. The highest BCUT2D eigenvalue weighted by molar-refractivity contribution is 5.94. The van der Waals surface area contributed by atoms with E-state index in [4.69, 9.17) is 9.47 Å². The molecule has 0 unspecified atom stereocenters.